The topological polar surface area (TPSA) is 88.1 Å². The van der Waals surface area contributed by atoms with Crippen molar-refractivity contribution in [2.24, 2.45) is 11.0 Å². The summed E-state index contributed by atoms with van der Waals surface area (Å²) in [5.41, 5.74) is 4.32. The van der Waals surface area contributed by atoms with Crippen molar-refractivity contribution in [3.05, 3.63) is 59.7 Å². The molecule has 1 N–H and O–H groups in total. The predicted octanol–water partition coefficient (Wildman–Crippen LogP) is 2.55. The quantitative estimate of drug-likeness (QED) is 0.580. The maximum absolute atomic E-state index is 12.8. The van der Waals surface area contributed by atoms with Gasteiger partial charge in [0.1, 0.15) is 5.75 Å². The number of methoxy groups -OCH3 is 1. The van der Waals surface area contributed by atoms with E-state index in [0.29, 0.717) is 31.7 Å². The van der Waals surface area contributed by atoms with Crippen molar-refractivity contribution in [3.8, 4) is 5.75 Å². The van der Waals surface area contributed by atoms with Crippen LogP contribution >= 0.6 is 0 Å². The molecule has 0 aromatic heterocycles. The van der Waals surface area contributed by atoms with Gasteiger partial charge in [0.2, 0.25) is 15.9 Å². The van der Waals surface area contributed by atoms with Crippen LogP contribution in [0.3, 0.4) is 0 Å². The standard InChI is InChI=1S/C21H25N3O4S/c1-16-7-9-19(10-8-16)29(26,27)24-13-11-17(12-14-24)21(25)23-22-15-18-5-3-4-6-20(18)28-2/h3-10,15,17H,11-14H2,1-2H3,(H,23,25). The third-order valence-electron chi connectivity index (χ3n) is 5.00. The number of para-hydroxylation sites is 1. The number of piperidine rings is 1. The first-order chi connectivity index (χ1) is 13.9. The summed E-state index contributed by atoms with van der Waals surface area (Å²) in [6.07, 6.45) is 2.45. The number of nitrogens with one attached hydrogen (secondary N) is 1. The highest BCUT2D eigenvalue weighted by Crippen LogP contribution is 2.24. The molecule has 8 heteroatoms. The Morgan fingerprint density at radius 3 is 2.45 bits per heavy atom. The van der Waals surface area contributed by atoms with E-state index < -0.39 is 10.0 Å². The molecule has 1 amide bonds. The minimum absolute atomic E-state index is 0.205. The molecule has 1 fully saturated rings. The predicted molar refractivity (Wildman–Crippen MR) is 111 cm³/mol. The molecule has 3 rings (SSSR count). The number of benzene rings is 2. The molecule has 0 radical (unpaired) electrons. The van der Waals surface area contributed by atoms with Crippen LogP contribution in [0.1, 0.15) is 24.0 Å². The highest BCUT2D eigenvalue weighted by molar-refractivity contribution is 7.89. The van der Waals surface area contributed by atoms with E-state index in [4.69, 9.17) is 4.74 Å². The van der Waals surface area contributed by atoms with Gasteiger partial charge in [-0.3, -0.25) is 4.79 Å². The molecular weight excluding hydrogens is 390 g/mol. The summed E-state index contributed by atoms with van der Waals surface area (Å²) in [7, 11) is -1.96. The van der Waals surface area contributed by atoms with Crippen LogP contribution in [-0.4, -0.2) is 45.0 Å². The maximum Gasteiger partial charge on any atom is 0.243 e. The lowest BCUT2D eigenvalue weighted by atomic mass is 9.98. The van der Waals surface area contributed by atoms with Gasteiger partial charge >= 0.3 is 0 Å². The van der Waals surface area contributed by atoms with Crippen LogP contribution in [0.15, 0.2) is 58.5 Å². The lowest BCUT2D eigenvalue weighted by Gasteiger charge is -2.30. The zero-order chi connectivity index (χ0) is 20.9. The van der Waals surface area contributed by atoms with Crippen LogP contribution in [0.4, 0.5) is 0 Å². The number of carbonyl (C=O) groups is 1. The summed E-state index contributed by atoms with van der Waals surface area (Å²) in [5, 5.41) is 4.01. The third-order valence-corrected chi connectivity index (χ3v) is 6.91. The van der Waals surface area contributed by atoms with Gasteiger partial charge in [-0.1, -0.05) is 29.8 Å². The minimum Gasteiger partial charge on any atom is -0.496 e. The number of hydrazone groups is 1. The van der Waals surface area contributed by atoms with Gasteiger partial charge in [-0.15, -0.1) is 0 Å². The van der Waals surface area contributed by atoms with Gasteiger partial charge in [0.25, 0.3) is 0 Å². The van der Waals surface area contributed by atoms with Gasteiger partial charge in [0.05, 0.1) is 18.2 Å². The van der Waals surface area contributed by atoms with E-state index in [-0.39, 0.29) is 16.7 Å². The first-order valence-corrected chi connectivity index (χ1v) is 10.9. The third kappa shape index (κ3) is 5.02. The van der Waals surface area contributed by atoms with Gasteiger partial charge in [-0.25, -0.2) is 13.8 Å². The highest BCUT2D eigenvalue weighted by atomic mass is 32.2. The van der Waals surface area contributed by atoms with Crippen molar-refractivity contribution in [1.29, 1.82) is 0 Å². The Labute approximate surface area is 171 Å². The fourth-order valence-corrected chi connectivity index (χ4v) is 4.72. The Bertz CT molecular complexity index is 979. The van der Waals surface area contributed by atoms with E-state index in [1.165, 1.54) is 10.5 Å². The summed E-state index contributed by atoms with van der Waals surface area (Å²) >= 11 is 0. The molecular formula is C21H25N3O4S. The molecule has 2 aromatic carbocycles. The number of sulfonamides is 1. The maximum atomic E-state index is 12.8. The average molecular weight is 416 g/mol. The van der Waals surface area contributed by atoms with Crippen molar-refractivity contribution in [2.75, 3.05) is 20.2 Å². The number of aryl methyl sites for hydroxylation is 1. The van der Waals surface area contributed by atoms with Crippen LogP contribution in [-0.2, 0) is 14.8 Å². The molecule has 0 saturated carbocycles. The molecule has 0 aliphatic carbocycles. The number of hydrogen-bond acceptors (Lipinski definition) is 5. The lowest BCUT2D eigenvalue weighted by molar-refractivity contribution is -0.126. The average Bonchev–Trinajstić information content (AvgIpc) is 2.74. The second-order valence-corrected chi connectivity index (χ2v) is 8.91. The number of nitrogens with zero attached hydrogens (tertiary/aromatic N) is 2. The first-order valence-electron chi connectivity index (χ1n) is 9.44. The van der Waals surface area contributed by atoms with E-state index in [0.717, 1.165) is 11.1 Å². The van der Waals surface area contributed by atoms with Gasteiger partial charge in [0.15, 0.2) is 0 Å². The zero-order valence-corrected chi connectivity index (χ0v) is 17.4. The molecule has 1 aliphatic heterocycles. The number of ether oxygens (including phenoxy) is 1. The van der Waals surface area contributed by atoms with Crippen molar-refractivity contribution in [1.82, 2.24) is 9.73 Å². The van der Waals surface area contributed by atoms with Crippen LogP contribution in [0, 0.1) is 12.8 Å². The summed E-state index contributed by atoms with van der Waals surface area (Å²) in [4.78, 5) is 12.7. The van der Waals surface area contributed by atoms with E-state index in [2.05, 4.69) is 10.5 Å². The summed E-state index contributed by atoms with van der Waals surface area (Å²) in [6.45, 7) is 2.53. The Hall–Kier alpha value is -2.71. The zero-order valence-electron chi connectivity index (χ0n) is 16.5. The van der Waals surface area contributed by atoms with Gasteiger partial charge in [-0.05, 0) is 44.0 Å². The number of carbonyl (C=O) groups excluding carboxylic acids is 1. The van der Waals surface area contributed by atoms with Crippen LogP contribution < -0.4 is 10.2 Å². The second kappa shape index (κ2) is 9.19. The molecule has 1 aliphatic rings. The Morgan fingerprint density at radius 2 is 1.79 bits per heavy atom. The molecule has 2 aromatic rings. The molecule has 0 spiro atoms. The fraction of sp³-hybridized carbons (Fsp3) is 0.333. The van der Waals surface area contributed by atoms with E-state index in [1.807, 2.05) is 31.2 Å². The van der Waals surface area contributed by atoms with Gasteiger partial charge in [-0.2, -0.15) is 9.41 Å². The van der Waals surface area contributed by atoms with Crippen LogP contribution in [0.25, 0.3) is 0 Å². The van der Waals surface area contributed by atoms with E-state index in [1.54, 1.807) is 31.4 Å². The van der Waals surface area contributed by atoms with E-state index in [9.17, 15) is 13.2 Å². The van der Waals surface area contributed by atoms with Gasteiger partial charge in [0, 0.05) is 24.6 Å². The largest absolute Gasteiger partial charge is 0.496 e. The smallest absolute Gasteiger partial charge is 0.243 e. The van der Waals surface area contributed by atoms with Gasteiger partial charge < -0.3 is 4.74 Å². The van der Waals surface area contributed by atoms with Crippen LogP contribution in [0.2, 0.25) is 0 Å². The SMILES string of the molecule is COc1ccccc1C=NNC(=O)C1CCN(S(=O)(=O)c2ccc(C)cc2)CC1. The number of hydrogen-bond donors (Lipinski definition) is 1. The molecule has 1 saturated heterocycles. The molecule has 0 atom stereocenters. The fourth-order valence-electron chi connectivity index (χ4n) is 3.25. The second-order valence-electron chi connectivity index (χ2n) is 6.97. The summed E-state index contributed by atoms with van der Waals surface area (Å²) in [5.74, 6) is 0.193. The summed E-state index contributed by atoms with van der Waals surface area (Å²) in [6, 6.07) is 14.2. The highest BCUT2D eigenvalue weighted by Gasteiger charge is 2.32. The monoisotopic (exact) mass is 415 g/mol. The minimum atomic E-state index is -3.53. The molecule has 154 valence electrons. The Morgan fingerprint density at radius 1 is 1.14 bits per heavy atom. The summed E-state index contributed by atoms with van der Waals surface area (Å²) < 4.78 is 32.2. The van der Waals surface area contributed by atoms with Crippen molar-refractivity contribution in [2.45, 2.75) is 24.7 Å². The van der Waals surface area contributed by atoms with Crippen molar-refractivity contribution in [3.63, 3.8) is 0 Å². The Balaban J connectivity index is 1.55. The van der Waals surface area contributed by atoms with Crippen molar-refractivity contribution >= 4 is 22.1 Å². The molecule has 1 heterocycles. The number of rotatable bonds is 6. The molecule has 0 unspecified atom stereocenters. The molecule has 0 bridgehead atoms. The van der Waals surface area contributed by atoms with Crippen molar-refractivity contribution < 1.29 is 17.9 Å². The first kappa shape index (κ1) is 21.0. The van der Waals surface area contributed by atoms with E-state index >= 15 is 0 Å². The lowest BCUT2D eigenvalue weighted by Crippen LogP contribution is -2.42. The Kier molecular flexibility index (Phi) is 6.66. The van der Waals surface area contributed by atoms with Crippen LogP contribution in [0.5, 0.6) is 5.75 Å². The molecule has 7 nitrogen and oxygen atoms in total. The number of amides is 1. The normalized spacial score (nSPS) is 16.1. The molecule has 29 heavy (non-hydrogen) atoms.